The molecular weight excluding hydrogens is 230 g/mol. The van der Waals surface area contributed by atoms with Crippen molar-refractivity contribution in [3.05, 3.63) is 35.4 Å². The van der Waals surface area contributed by atoms with E-state index in [0.29, 0.717) is 5.56 Å². The molecule has 17 heavy (non-hydrogen) atoms. The van der Waals surface area contributed by atoms with Crippen molar-refractivity contribution in [2.75, 3.05) is 14.2 Å². The van der Waals surface area contributed by atoms with Gasteiger partial charge in [0, 0.05) is 20.3 Å². The summed E-state index contributed by atoms with van der Waals surface area (Å²) in [7, 11) is 2.92. The van der Waals surface area contributed by atoms with Crippen LogP contribution in [0, 0.1) is 11.6 Å². The van der Waals surface area contributed by atoms with E-state index in [4.69, 9.17) is 15.3 Å². The lowest BCUT2D eigenvalue weighted by Gasteiger charge is -2.24. The molecule has 0 aromatic heterocycles. The first kappa shape index (κ1) is 14.0. The van der Waals surface area contributed by atoms with E-state index in [9.17, 15) is 8.78 Å². The molecule has 0 heterocycles. The number of hydrazine groups is 1. The molecule has 0 aliphatic carbocycles. The van der Waals surface area contributed by atoms with Gasteiger partial charge in [-0.25, -0.2) is 8.78 Å². The third-order valence-electron chi connectivity index (χ3n) is 2.46. The maximum absolute atomic E-state index is 13.4. The quantitative estimate of drug-likeness (QED) is 0.446. The van der Waals surface area contributed by atoms with Crippen molar-refractivity contribution in [2.24, 2.45) is 5.84 Å². The van der Waals surface area contributed by atoms with Gasteiger partial charge in [0.05, 0.1) is 6.04 Å². The van der Waals surface area contributed by atoms with E-state index in [2.05, 4.69) is 5.43 Å². The summed E-state index contributed by atoms with van der Waals surface area (Å²) >= 11 is 0. The van der Waals surface area contributed by atoms with Gasteiger partial charge in [-0.1, -0.05) is 6.07 Å². The molecule has 0 saturated heterocycles. The van der Waals surface area contributed by atoms with Crippen LogP contribution >= 0.6 is 0 Å². The molecular formula is C11H16F2N2O2. The zero-order valence-electron chi connectivity index (χ0n) is 9.74. The van der Waals surface area contributed by atoms with Crippen LogP contribution in [0.5, 0.6) is 0 Å². The van der Waals surface area contributed by atoms with E-state index in [0.717, 1.165) is 6.07 Å². The fourth-order valence-electron chi connectivity index (χ4n) is 1.58. The molecule has 0 amide bonds. The predicted octanol–water partition coefficient (Wildman–Crippen LogP) is 0.958. The summed E-state index contributed by atoms with van der Waals surface area (Å²) in [6.45, 7) is 0. The van der Waals surface area contributed by atoms with E-state index in [1.807, 2.05) is 0 Å². The molecule has 96 valence electrons. The van der Waals surface area contributed by atoms with Crippen molar-refractivity contribution in [3.8, 4) is 0 Å². The highest BCUT2D eigenvalue weighted by Gasteiger charge is 2.21. The molecule has 0 fully saturated rings. The lowest BCUT2D eigenvalue weighted by molar-refractivity contribution is -0.122. The average molecular weight is 246 g/mol. The number of halogens is 2. The van der Waals surface area contributed by atoms with Crippen LogP contribution in [0.1, 0.15) is 5.56 Å². The van der Waals surface area contributed by atoms with Crippen LogP contribution in [-0.2, 0) is 15.9 Å². The summed E-state index contributed by atoms with van der Waals surface area (Å²) in [5.41, 5.74) is 2.83. The van der Waals surface area contributed by atoms with Gasteiger partial charge in [-0.15, -0.1) is 0 Å². The Morgan fingerprint density at radius 3 is 2.41 bits per heavy atom. The van der Waals surface area contributed by atoms with Gasteiger partial charge in [0.2, 0.25) is 0 Å². The number of ether oxygens (including phenoxy) is 2. The second kappa shape index (κ2) is 6.61. The van der Waals surface area contributed by atoms with Crippen molar-refractivity contribution >= 4 is 0 Å². The first-order chi connectivity index (χ1) is 8.12. The van der Waals surface area contributed by atoms with E-state index in [1.165, 1.54) is 26.4 Å². The van der Waals surface area contributed by atoms with Gasteiger partial charge >= 0.3 is 0 Å². The van der Waals surface area contributed by atoms with Gasteiger partial charge in [-0.3, -0.25) is 11.3 Å². The summed E-state index contributed by atoms with van der Waals surface area (Å²) < 4.78 is 36.2. The van der Waals surface area contributed by atoms with Crippen LogP contribution in [0.3, 0.4) is 0 Å². The Kier molecular flexibility index (Phi) is 5.43. The van der Waals surface area contributed by atoms with Gasteiger partial charge in [0.1, 0.15) is 11.6 Å². The van der Waals surface area contributed by atoms with Gasteiger partial charge in [0.15, 0.2) is 6.29 Å². The Morgan fingerprint density at radius 1 is 1.29 bits per heavy atom. The molecule has 1 aromatic rings. The summed E-state index contributed by atoms with van der Waals surface area (Å²) in [5, 5.41) is 0. The summed E-state index contributed by atoms with van der Waals surface area (Å²) in [6.07, 6.45) is -0.376. The highest BCUT2D eigenvalue weighted by molar-refractivity contribution is 5.19. The van der Waals surface area contributed by atoms with Gasteiger partial charge in [-0.2, -0.15) is 0 Å². The number of benzene rings is 1. The van der Waals surface area contributed by atoms with Gasteiger partial charge in [-0.05, 0) is 18.1 Å². The van der Waals surface area contributed by atoms with Crippen molar-refractivity contribution in [3.63, 3.8) is 0 Å². The maximum atomic E-state index is 13.4. The minimum Gasteiger partial charge on any atom is -0.354 e. The minimum atomic E-state index is -0.615. The SMILES string of the molecule is COC(OC)C(Cc1ccc(F)cc1F)NN. The summed E-state index contributed by atoms with van der Waals surface area (Å²) in [4.78, 5) is 0. The normalized spacial score (nSPS) is 13.1. The van der Waals surface area contributed by atoms with Crippen LogP contribution in [-0.4, -0.2) is 26.6 Å². The van der Waals surface area contributed by atoms with E-state index >= 15 is 0 Å². The zero-order valence-corrected chi connectivity index (χ0v) is 9.74. The predicted molar refractivity (Wildman–Crippen MR) is 59.0 cm³/mol. The highest BCUT2D eigenvalue weighted by Crippen LogP contribution is 2.13. The monoisotopic (exact) mass is 246 g/mol. The molecule has 0 radical (unpaired) electrons. The molecule has 4 nitrogen and oxygen atoms in total. The molecule has 0 aliphatic rings. The fraction of sp³-hybridized carbons (Fsp3) is 0.455. The number of nitrogens with two attached hydrogens (primary N) is 1. The molecule has 6 heteroatoms. The second-order valence-electron chi connectivity index (χ2n) is 3.55. The first-order valence-electron chi connectivity index (χ1n) is 5.08. The lowest BCUT2D eigenvalue weighted by atomic mass is 10.1. The van der Waals surface area contributed by atoms with Crippen LogP contribution in [0.4, 0.5) is 8.78 Å². The molecule has 1 atom stereocenters. The van der Waals surface area contributed by atoms with Crippen molar-refractivity contribution < 1.29 is 18.3 Å². The van der Waals surface area contributed by atoms with Crippen LogP contribution in [0.25, 0.3) is 0 Å². The Hall–Kier alpha value is -1.08. The Bertz CT molecular complexity index is 359. The largest absolute Gasteiger partial charge is 0.354 e. The summed E-state index contributed by atoms with van der Waals surface area (Å²) in [5.74, 6) is 4.12. The third-order valence-corrected chi connectivity index (χ3v) is 2.46. The molecule has 0 saturated carbocycles. The van der Waals surface area contributed by atoms with Crippen LogP contribution in [0.2, 0.25) is 0 Å². The molecule has 0 bridgehead atoms. The number of rotatable bonds is 6. The Balaban J connectivity index is 2.80. The molecule has 0 spiro atoms. The lowest BCUT2D eigenvalue weighted by Crippen LogP contribution is -2.47. The van der Waals surface area contributed by atoms with E-state index < -0.39 is 24.0 Å². The van der Waals surface area contributed by atoms with Gasteiger partial charge in [0.25, 0.3) is 0 Å². The smallest absolute Gasteiger partial charge is 0.173 e. The van der Waals surface area contributed by atoms with Gasteiger partial charge < -0.3 is 9.47 Å². The molecule has 1 rings (SSSR count). The topological polar surface area (TPSA) is 56.5 Å². The van der Waals surface area contributed by atoms with Crippen molar-refractivity contribution in [1.82, 2.24) is 5.43 Å². The Labute approximate surface area is 98.7 Å². The number of nitrogens with one attached hydrogen (secondary N) is 1. The summed E-state index contributed by atoms with van der Waals surface area (Å²) in [6, 6.07) is 2.97. The van der Waals surface area contributed by atoms with E-state index in [1.54, 1.807) is 0 Å². The highest BCUT2D eigenvalue weighted by atomic mass is 19.1. The average Bonchev–Trinajstić information content (AvgIpc) is 2.32. The molecule has 1 unspecified atom stereocenters. The second-order valence-corrected chi connectivity index (χ2v) is 3.55. The fourth-order valence-corrected chi connectivity index (χ4v) is 1.58. The number of hydrogen-bond acceptors (Lipinski definition) is 4. The molecule has 1 aromatic carbocycles. The van der Waals surface area contributed by atoms with Crippen molar-refractivity contribution in [2.45, 2.75) is 18.8 Å². The third kappa shape index (κ3) is 3.71. The van der Waals surface area contributed by atoms with Crippen LogP contribution < -0.4 is 11.3 Å². The molecule has 0 aliphatic heterocycles. The first-order valence-corrected chi connectivity index (χ1v) is 5.08. The van der Waals surface area contributed by atoms with Crippen molar-refractivity contribution in [1.29, 1.82) is 0 Å². The maximum Gasteiger partial charge on any atom is 0.173 e. The standard InChI is InChI=1S/C11H16F2N2O2/c1-16-11(17-2)10(15-14)5-7-3-4-8(12)6-9(7)13/h3-4,6,10-11,15H,5,14H2,1-2H3. The molecule has 3 N–H and O–H groups in total. The van der Waals surface area contributed by atoms with Crippen LogP contribution in [0.15, 0.2) is 18.2 Å². The Morgan fingerprint density at radius 2 is 1.94 bits per heavy atom. The van der Waals surface area contributed by atoms with E-state index in [-0.39, 0.29) is 6.42 Å². The number of methoxy groups -OCH3 is 2. The zero-order chi connectivity index (χ0) is 12.8. The number of hydrogen-bond donors (Lipinski definition) is 2. The minimum absolute atomic E-state index is 0.231.